The molecule has 0 heterocycles. The topological polar surface area (TPSA) is 151 Å². The Morgan fingerprint density at radius 2 is 0.840 bits per heavy atom. The molecule has 10 nitrogen and oxygen atoms in total. The van der Waals surface area contributed by atoms with E-state index in [1.54, 1.807) is 13.8 Å². The van der Waals surface area contributed by atoms with Crippen molar-refractivity contribution >= 4 is 45.7 Å². The van der Waals surface area contributed by atoms with E-state index in [9.17, 15) is 29.4 Å². The van der Waals surface area contributed by atoms with Crippen LogP contribution < -0.4 is 10.6 Å². The molecule has 0 fully saturated rings. The minimum absolute atomic E-state index is 0.0291. The second kappa shape index (κ2) is 15.3. The maximum absolute atomic E-state index is 12.8. The van der Waals surface area contributed by atoms with Gasteiger partial charge >= 0.3 is 24.1 Å². The average Bonchev–Trinajstić information content (AvgIpc) is 3.62. The summed E-state index contributed by atoms with van der Waals surface area (Å²) in [5.41, 5.74) is 8.42. The molecule has 4 unspecified atom stereocenters. The van der Waals surface area contributed by atoms with Crippen molar-refractivity contribution in [2.24, 2.45) is 0 Å². The predicted molar refractivity (Wildman–Crippen MR) is 193 cm³/mol. The first-order valence-corrected chi connectivity index (χ1v) is 18.4. The molecule has 6 rings (SSSR count). The maximum Gasteiger partial charge on any atom is 0.407 e. The molecule has 0 bridgehead atoms. The maximum atomic E-state index is 12.8. The number of carbonyl (C=O) groups is 4. The summed E-state index contributed by atoms with van der Waals surface area (Å²) in [6, 6.07) is 28.9. The van der Waals surface area contributed by atoms with Crippen molar-refractivity contribution in [1.29, 1.82) is 0 Å². The summed E-state index contributed by atoms with van der Waals surface area (Å²) in [4.78, 5) is 50.0. The number of rotatable bonds is 13. The number of hydrogen-bond donors (Lipinski definition) is 4. The zero-order chi connectivity index (χ0) is 35.4. The van der Waals surface area contributed by atoms with Gasteiger partial charge < -0.3 is 30.3 Å². The van der Waals surface area contributed by atoms with Gasteiger partial charge in [-0.2, -0.15) is 0 Å². The van der Waals surface area contributed by atoms with Gasteiger partial charge in [-0.3, -0.25) is 0 Å². The van der Waals surface area contributed by atoms with E-state index in [1.165, 1.54) is 0 Å². The van der Waals surface area contributed by atoms with E-state index in [-0.39, 0.29) is 25.0 Å². The quantitative estimate of drug-likeness (QED) is 0.105. The molecule has 0 aromatic heterocycles. The first-order chi connectivity index (χ1) is 24.1. The first-order valence-electron chi connectivity index (χ1n) is 16.1. The zero-order valence-electron chi connectivity index (χ0n) is 27.3. The van der Waals surface area contributed by atoms with Gasteiger partial charge in [0.15, 0.2) is 0 Å². The molecule has 258 valence electrons. The van der Waals surface area contributed by atoms with Crippen LogP contribution in [0.3, 0.4) is 0 Å². The highest BCUT2D eigenvalue weighted by Crippen LogP contribution is 2.45. The molecular weight excluding hydrogens is 677 g/mol. The lowest BCUT2D eigenvalue weighted by atomic mass is 9.98. The molecule has 2 aliphatic carbocycles. The molecule has 4 atom stereocenters. The first kappa shape index (κ1) is 34.9. The molecule has 0 spiro atoms. The molecule has 0 radical (unpaired) electrons. The number of fused-ring (bicyclic) bond motifs is 6. The number of carbonyl (C=O) groups excluding carboxylic acids is 2. The Hall–Kier alpha value is -4.94. The number of carboxylic acid groups (broad SMARTS) is 2. The van der Waals surface area contributed by atoms with Crippen LogP contribution in [0, 0.1) is 0 Å². The molecular formula is C38H36N2O8S2. The van der Waals surface area contributed by atoms with Gasteiger partial charge in [-0.15, -0.1) is 0 Å². The van der Waals surface area contributed by atoms with Gasteiger partial charge in [0.25, 0.3) is 0 Å². The zero-order valence-corrected chi connectivity index (χ0v) is 28.9. The molecule has 2 aliphatic rings. The Morgan fingerprint density at radius 1 is 0.560 bits per heavy atom. The minimum atomic E-state index is -1.33. The van der Waals surface area contributed by atoms with E-state index in [0.29, 0.717) is 0 Å². The number of nitrogens with one attached hydrogen (secondary N) is 2. The molecule has 0 saturated heterocycles. The summed E-state index contributed by atoms with van der Waals surface area (Å²) < 4.78 is 11.1. The van der Waals surface area contributed by atoms with Crippen molar-refractivity contribution < 1.29 is 38.9 Å². The largest absolute Gasteiger partial charge is 0.480 e. The van der Waals surface area contributed by atoms with E-state index in [2.05, 4.69) is 10.6 Å². The van der Waals surface area contributed by atoms with Gasteiger partial charge in [-0.25, -0.2) is 19.2 Å². The second-order valence-electron chi connectivity index (χ2n) is 12.2. The molecule has 0 aliphatic heterocycles. The number of ether oxygens (including phenoxy) is 2. The second-order valence-corrected chi connectivity index (χ2v) is 15.2. The number of benzene rings is 4. The smallest absolute Gasteiger partial charge is 0.407 e. The molecule has 4 aromatic carbocycles. The monoisotopic (exact) mass is 712 g/mol. The van der Waals surface area contributed by atoms with E-state index in [4.69, 9.17) is 9.47 Å². The SMILES string of the molecule is CC(SSC(C)C(NC(=O)OCC1c2ccccc2-c2ccccc21)C(=O)O)C(NC(=O)OCC1c2ccccc2-c2ccccc21)C(=O)O. The highest BCUT2D eigenvalue weighted by Gasteiger charge is 2.34. The van der Waals surface area contributed by atoms with Crippen molar-refractivity contribution in [1.82, 2.24) is 10.6 Å². The lowest BCUT2D eigenvalue weighted by Gasteiger charge is -2.25. The number of aliphatic carboxylic acids is 2. The summed E-state index contributed by atoms with van der Waals surface area (Å²) in [5.74, 6) is -2.90. The lowest BCUT2D eigenvalue weighted by molar-refractivity contribution is -0.140. The molecule has 12 heteroatoms. The van der Waals surface area contributed by atoms with E-state index in [0.717, 1.165) is 66.1 Å². The van der Waals surface area contributed by atoms with Crippen molar-refractivity contribution in [3.8, 4) is 22.3 Å². The Kier molecular flexibility index (Phi) is 10.7. The number of alkyl carbamates (subject to hydrolysis) is 2. The molecule has 4 N–H and O–H groups in total. The summed E-state index contributed by atoms with van der Waals surface area (Å²) >= 11 is 0. The number of hydrogen-bond acceptors (Lipinski definition) is 8. The van der Waals surface area contributed by atoms with Crippen LogP contribution in [0.2, 0.25) is 0 Å². The molecule has 2 amide bonds. The standard InChI is InChI=1S/C38H36N2O8S2/c1-21(33(35(41)42)39-37(45)47-19-31-27-15-7-3-11-23(27)24-12-4-8-16-28(24)31)49-50-22(2)34(36(43)44)40-38(46)48-20-32-29-17-9-5-13-25(29)26-14-6-10-18-30(26)32/h3-18,21-22,31-34H,19-20H2,1-2H3,(H,39,45)(H,40,46)(H,41,42)(H,43,44). The van der Waals surface area contributed by atoms with Crippen molar-refractivity contribution in [3.63, 3.8) is 0 Å². The van der Waals surface area contributed by atoms with Crippen LogP contribution in [0.5, 0.6) is 0 Å². The summed E-state index contributed by atoms with van der Waals surface area (Å²) in [6.45, 7) is 3.28. The Balaban J connectivity index is 1.00. The minimum Gasteiger partial charge on any atom is -0.480 e. The van der Waals surface area contributed by atoms with E-state index >= 15 is 0 Å². The van der Waals surface area contributed by atoms with Crippen LogP contribution in [0.1, 0.15) is 47.9 Å². The van der Waals surface area contributed by atoms with Crippen LogP contribution >= 0.6 is 21.6 Å². The van der Waals surface area contributed by atoms with Gasteiger partial charge in [0, 0.05) is 22.3 Å². The van der Waals surface area contributed by atoms with Crippen molar-refractivity contribution in [3.05, 3.63) is 119 Å². The fourth-order valence-corrected chi connectivity index (χ4v) is 9.24. The van der Waals surface area contributed by atoms with Crippen molar-refractivity contribution in [2.75, 3.05) is 13.2 Å². The third-order valence-electron chi connectivity index (χ3n) is 9.06. The Bertz CT molecular complexity index is 1690. The van der Waals surface area contributed by atoms with Crippen LogP contribution in [-0.4, -0.2) is 70.1 Å². The molecule has 50 heavy (non-hydrogen) atoms. The van der Waals surface area contributed by atoms with Crippen LogP contribution in [0.25, 0.3) is 22.3 Å². The van der Waals surface area contributed by atoms with Crippen LogP contribution in [0.4, 0.5) is 9.59 Å². The van der Waals surface area contributed by atoms with Crippen LogP contribution in [0.15, 0.2) is 97.1 Å². The van der Waals surface area contributed by atoms with E-state index < -0.39 is 46.7 Å². The highest BCUT2D eigenvalue weighted by molar-refractivity contribution is 8.77. The Labute approximate surface area is 297 Å². The summed E-state index contributed by atoms with van der Waals surface area (Å²) in [6.07, 6.45) is -1.74. The van der Waals surface area contributed by atoms with Gasteiger partial charge in [0.05, 0.1) is 0 Å². The summed E-state index contributed by atoms with van der Waals surface area (Å²) in [5, 5.41) is 23.4. The molecule has 4 aromatic rings. The third kappa shape index (κ3) is 7.31. The third-order valence-corrected chi connectivity index (χ3v) is 12.5. The van der Waals surface area contributed by atoms with Crippen molar-refractivity contribution in [2.45, 2.75) is 48.3 Å². The molecule has 0 saturated carbocycles. The van der Waals surface area contributed by atoms with Gasteiger partial charge in [-0.1, -0.05) is 119 Å². The average molecular weight is 713 g/mol. The van der Waals surface area contributed by atoms with Gasteiger partial charge in [0.1, 0.15) is 25.3 Å². The van der Waals surface area contributed by atoms with Gasteiger partial charge in [0.2, 0.25) is 0 Å². The Morgan fingerprint density at radius 3 is 1.12 bits per heavy atom. The number of carboxylic acids is 2. The summed E-state index contributed by atoms with van der Waals surface area (Å²) in [7, 11) is 2.18. The number of amides is 2. The fourth-order valence-electron chi connectivity index (χ4n) is 6.58. The van der Waals surface area contributed by atoms with E-state index in [1.807, 2.05) is 97.1 Å². The highest BCUT2D eigenvalue weighted by atomic mass is 33.1. The van der Waals surface area contributed by atoms with Gasteiger partial charge in [-0.05, 0) is 58.4 Å². The predicted octanol–water partition coefficient (Wildman–Crippen LogP) is 7.13. The lowest BCUT2D eigenvalue weighted by Crippen LogP contribution is -2.48. The fraction of sp³-hybridized carbons (Fsp3) is 0.263. The normalized spacial score (nSPS) is 15.3. The van der Waals surface area contributed by atoms with Crippen LogP contribution in [-0.2, 0) is 19.1 Å².